The molecule has 1 aromatic carbocycles. The van der Waals surface area contributed by atoms with Crippen LogP contribution in [0.15, 0.2) is 47.4 Å². The third-order valence-electron chi connectivity index (χ3n) is 9.06. The quantitative estimate of drug-likeness (QED) is 0.323. The van der Waals surface area contributed by atoms with Gasteiger partial charge in [0.05, 0.1) is 19.6 Å². The second kappa shape index (κ2) is 12.4. The van der Waals surface area contributed by atoms with Crippen LogP contribution in [0.25, 0.3) is 0 Å². The van der Waals surface area contributed by atoms with Crippen LogP contribution in [-0.2, 0) is 42.0 Å². The number of rotatable bonds is 8. The van der Waals surface area contributed by atoms with Gasteiger partial charge in [-0.25, -0.2) is 9.78 Å². The molecule has 234 valence electrons. The molecule has 2 aliphatic heterocycles. The molecule has 3 aliphatic rings. The molecule has 1 saturated carbocycles. The number of hydrogen-bond acceptors (Lipinski definition) is 7. The van der Waals surface area contributed by atoms with Crippen LogP contribution >= 0.6 is 11.3 Å². The number of hydrogen-bond donors (Lipinski definition) is 2. The molecule has 0 unspecified atom stereocenters. The Morgan fingerprint density at radius 3 is 2.61 bits per heavy atom. The van der Waals surface area contributed by atoms with Crippen molar-refractivity contribution < 1.29 is 14.3 Å². The van der Waals surface area contributed by atoms with Crippen LogP contribution in [0.5, 0.6) is 0 Å². The third-order valence-corrected chi connectivity index (χ3v) is 10.2. The Morgan fingerprint density at radius 1 is 1.11 bits per heavy atom. The molecule has 2 N–H and O–H groups in total. The van der Waals surface area contributed by atoms with Gasteiger partial charge in [-0.05, 0) is 75.5 Å². The number of carbonyl (C=O) groups excluding carboxylic acids is 2. The van der Waals surface area contributed by atoms with Gasteiger partial charge in [0.1, 0.15) is 11.6 Å². The maximum Gasteiger partial charge on any atom is 0.410 e. The van der Waals surface area contributed by atoms with Crippen molar-refractivity contribution in [2.45, 2.75) is 103 Å². The predicted molar refractivity (Wildman–Crippen MR) is 172 cm³/mol. The Bertz CT molecular complexity index is 1540. The zero-order valence-corrected chi connectivity index (χ0v) is 26.8. The minimum absolute atomic E-state index is 0.0824. The average Bonchev–Trinajstić information content (AvgIpc) is 3.70. The molecule has 4 heterocycles. The lowest BCUT2D eigenvalue weighted by molar-refractivity contribution is -0.124. The summed E-state index contributed by atoms with van der Waals surface area (Å²) in [4.78, 5) is 47.9. The summed E-state index contributed by atoms with van der Waals surface area (Å²) in [6.45, 7) is 7.70. The van der Waals surface area contributed by atoms with Crippen molar-refractivity contribution in [1.82, 2.24) is 19.8 Å². The number of ether oxygens (including phenoxy) is 1. The second-order valence-electron chi connectivity index (χ2n) is 13.6. The van der Waals surface area contributed by atoms with Crippen molar-refractivity contribution in [1.29, 1.82) is 0 Å². The molecule has 0 saturated heterocycles. The molecule has 0 spiro atoms. The van der Waals surface area contributed by atoms with E-state index in [-0.39, 0.29) is 23.0 Å². The highest BCUT2D eigenvalue weighted by Gasteiger charge is 2.35. The smallest absolute Gasteiger partial charge is 0.410 e. The molecular weight excluding hydrogens is 574 g/mol. The van der Waals surface area contributed by atoms with Crippen LogP contribution in [0.1, 0.15) is 91.9 Å². The minimum Gasteiger partial charge on any atom is -0.444 e. The molecule has 2 aromatic heterocycles. The lowest BCUT2D eigenvalue weighted by Gasteiger charge is -2.38. The van der Waals surface area contributed by atoms with Crippen molar-refractivity contribution in [3.05, 3.63) is 79.5 Å². The summed E-state index contributed by atoms with van der Waals surface area (Å²) in [5, 5.41) is 6.49. The first-order valence-electron chi connectivity index (χ1n) is 15.8. The largest absolute Gasteiger partial charge is 0.444 e. The topological polar surface area (TPSA) is 106 Å². The number of anilines is 1. The van der Waals surface area contributed by atoms with Crippen LogP contribution in [0.2, 0.25) is 0 Å². The zero-order chi connectivity index (χ0) is 30.9. The molecule has 9 nitrogen and oxygen atoms in total. The molecule has 1 aliphatic carbocycles. The number of thiophene rings is 1. The summed E-state index contributed by atoms with van der Waals surface area (Å²) in [5.74, 6) is 0.176. The minimum atomic E-state index is -0.552. The number of benzene rings is 1. The number of aryl methyl sites for hydroxylation is 1. The van der Waals surface area contributed by atoms with E-state index in [1.54, 1.807) is 27.0 Å². The first-order chi connectivity index (χ1) is 21.1. The summed E-state index contributed by atoms with van der Waals surface area (Å²) in [6.07, 6.45) is 9.54. The van der Waals surface area contributed by atoms with Crippen molar-refractivity contribution >= 4 is 29.2 Å². The van der Waals surface area contributed by atoms with Gasteiger partial charge >= 0.3 is 6.09 Å². The van der Waals surface area contributed by atoms with Crippen molar-refractivity contribution in [2.75, 3.05) is 11.9 Å². The van der Waals surface area contributed by atoms with E-state index in [0.29, 0.717) is 44.8 Å². The van der Waals surface area contributed by atoms with Crippen LogP contribution < -0.4 is 16.2 Å². The first kappa shape index (κ1) is 30.4. The fraction of sp³-hybridized carbons (Fsp3) is 0.529. The number of fused-ring (bicyclic) bond motifs is 2. The summed E-state index contributed by atoms with van der Waals surface area (Å²) >= 11 is 1.60. The number of amides is 2. The fourth-order valence-electron chi connectivity index (χ4n) is 6.89. The van der Waals surface area contributed by atoms with Crippen LogP contribution in [0.3, 0.4) is 0 Å². The van der Waals surface area contributed by atoms with E-state index in [0.717, 1.165) is 40.3 Å². The summed E-state index contributed by atoms with van der Waals surface area (Å²) in [5.41, 5.74) is 2.55. The van der Waals surface area contributed by atoms with E-state index in [9.17, 15) is 14.4 Å². The molecule has 2 amide bonds. The van der Waals surface area contributed by atoms with Crippen molar-refractivity contribution in [2.24, 2.45) is 5.41 Å². The Hall–Kier alpha value is -3.66. The summed E-state index contributed by atoms with van der Waals surface area (Å²) in [6, 6.07) is 12.1. The Kier molecular flexibility index (Phi) is 8.55. The van der Waals surface area contributed by atoms with Crippen LogP contribution in [0.4, 0.5) is 10.6 Å². The number of nitrogens with one attached hydrogen (secondary N) is 2. The maximum absolute atomic E-state index is 13.7. The van der Waals surface area contributed by atoms with E-state index in [4.69, 9.17) is 4.74 Å². The normalized spacial score (nSPS) is 18.9. The first-order valence-corrected chi connectivity index (χ1v) is 16.7. The lowest BCUT2D eigenvalue weighted by Crippen LogP contribution is -2.38. The highest BCUT2D eigenvalue weighted by atomic mass is 32.1. The van der Waals surface area contributed by atoms with Crippen LogP contribution in [-0.4, -0.2) is 38.6 Å². The molecule has 0 bridgehead atoms. The number of aromatic nitrogens is 2. The van der Waals surface area contributed by atoms with Crippen molar-refractivity contribution in [3.63, 3.8) is 0 Å². The van der Waals surface area contributed by atoms with Gasteiger partial charge in [0.15, 0.2) is 5.82 Å². The van der Waals surface area contributed by atoms with E-state index in [2.05, 4.69) is 45.9 Å². The Balaban J connectivity index is 1.08. The second-order valence-corrected chi connectivity index (χ2v) is 14.8. The molecule has 0 radical (unpaired) electrons. The van der Waals surface area contributed by atoms with Crippen LogP contribution in [0, 0.1) is 5.41 Å². The zero-order valence-electron chi connectivity index (χ0n) is 26.0. The molecule has 1 atom stereocenters. The van der Waals surface area contributed by atoms with Gasteiger partial charge in [-0.15, -0.1) is 11.3 Å². The van der Waals surface area contributed by atoms with Gasteiger partial charge in [0.2, 0.25) is 5.91 Å². The van der Waals surface area contributed by atoms with Gasteiger partial charge in [-0.1, -0.05) is 49.6 Å². The van der Waals surface area contributed by atoms with E-state index in [1.165, 1.54) is 24.8 Å². The molecule has 10 heteroatoms. The summed E-state index contributed by atoms with van der Waals surface area (Å²) in [7, 11) is 0. The van der Waals surface area contributed by atoms with Gasteiger partial charge in [-0.3, -0.25) is 19.1 Å². The molecule has 6 rings (SSSR count). The van der Waals surface area contributed by atoms with Crippen molar-refractivity contribution in [3.8, 4) is 0 Å². The van der Waals surface area contributed by atoms with E-state index >= 15 is 0 Å². The lowest BCUT2D eigenvalue weighted by atomic mass is 9.70. The van der Waals surface area contributed by atoms with E-state index < -0.39 is 11.6 Å². The molecular formula is C34H43N5O4S. The third kappa shape index (κ3) is 6.70. The monoisotopic (exact) mass is 617 g/mol. The number of carbonyl (C=O) groups is 2. The van der Waals surface area contributed by atoms with E-state index in [1.807, 2.05) is 26.8 Å². The predicted octanol–water partition coefficient (Wildman–Crippen LogP) is 5.96. The molecule has 44 heavy (non-hydrogen) atoms. The standard InChI is InChI=1S/C34H43N5O4S/c1-33(2,3)43-32(42)38-20-24-16-26(44-28(24)21-38)19-36-30(40)27-13-12-25-18-35-29(31(41)39(25)27)37-22-34(14-8-5-9-15-34)17-23-10-6-4-7-11-23/h4,6-7,10-11,16,18,27H,5,8-9,12-15,17,19-22H2,1-3H3,(H,35,37)(H,36,40)/t27-/m0/s1. The molecule has 3 aromatic rings. The summed E-state index contributed by atoms with van der Waals surface area (Å²) < 4.78 is 7.15. The highest BCUT2D eigenvalue weighted by molar-refractivity contribution is 7.12. The Labute approximate surface area is 263 Å². The SMILES string of the molecule is CC(C)(C)OC(=O)N1Cc2cc(CNC(=O)[C@@H]3CCc4cnc(NCC5(Cc6ccccc6)CCCCC5)c(=O)n43)sc2C1. The van der Waals surface area contributed by atoms with Gasteiger partial charge < -0.3 is 15.4 Å². The van der Waals surface area contributed by atoms with Gasteiger partial charge in [-0.2, -0.15) is 0 Å². The van der Waals surface area contributed by atoms with Gasteiger partial charge in [0.25, 0.3) is 5.56 Å². The van der Waals surface area contributed by atoms with Gasteiger partial charge in [0, 0.05) is 28.2 Å². The molecule has 1 fully saturated rings. The Morgan fingerprint density at radius 2 is 1.89 bits per heavy atom. The maximum atomic E-state index is 13.7. The highest BCUT2D eigenvalue weighted by Crippen LogP contribution is 2.39. The average molecular weight is 618 g/mol. The fourth-order valence-corrected chi connectivity index (χ4v) is 8.03. The number of nitrogens with zero attached hydrogens (tertiary/aromatic N) is 3.